The Bertz CT molecular complexity index is 921. The number of furan rings is 1. The van der Waals surface area contributed by atoms with E-state index in [1.54, 1.807) is 6.07 Å². The third-order valence-electron chi connectivity index (χ3n) is 4.00. The van der Waals surface area contributed by atoms with E-state index in [1.807, 2.05) is 0 Å². The van der Waals surface area contributed by atoms with E-state index in [9.17, 15) is 17.6 Å². The van der Waals surface area contributed by atoms with Crippen molar-refractivity contribution in [3.05, 3.63) is 47.0 Å². The maximum atomic E-state index is 14.6. The summed E-state index contributed by atoms with van der Waals surface area (Å²) in [6.45, 7) is 1.26. The number of anilines is 1. The second-order valence-corrected chi connectivity index (χ2v) is 7.93. The minimum atomic E-state index is -3.78. The number of benzene rings is 1. The van der Waals surface area contributed by atoms with Gasteiger partial charge >= 0.3 is 0 Å². The molecule has 0 saturated heterocycles. The fraction of sp³-hybridized carbons (Fsp3) is 0.312. The fourth-order valence-corrected chi connectivity index (χ4v) is 3.37. The molecule has 1 aliphatic heterocycles. The van der Waals surface area contributed by atoms with Crippen LogP contribution in [-0.2, 0) is 23.0 Å². The van der Waals surface area contributed by atoms with Gasteiger partial charge < -0.3 is 15.1 Å². The first-order valence-corrected chi connectivity index (χ1v) is 9.09. The van der Waals surface area contributed by atoms with Crippen molar-refractivity contribution in [1.29, 1.82) is 0 Å². The molecule has 1 aliphatic rings. The highest BCUT2D eigenvalue weighted by molar-refractivity contribution is 7.88. The Balaban J connectivity index is 1.83. The van der Waals surface area contributed by atoms with Gasteiger partial charge in [-0.25, -0.2) is 17.1 Å². The van der Waals surface area contributed by atoms with Crippen molar-refractivity contribution >= 4 is 21.6 Å². The van der Waals surface area contributed by atoms with Gasteiger partial charge in [-0.1, -0.05) is 6.07 Å². The summed E-state index contributed by atoms with van der Waals surface area (Å²) >= 11 is 0. The van der Waals surface area contributed by atoms with Crippen LogP contribution in [0.15, 0.2) is 33.8 Å². The lowest BCUT2D eigenvalue weighted by Gasteiger charge is -2.19. The van der Waals surface area contributed by atoms with Gasteiger partial charge in [-0.2, -0.15) is 0 Å². The van der Waals surface area contributed by atoms with Crippen LogP contribution < -0.4 is 10.6 Å². The van der Waals surface area contributed by atoms with Gasteiger partial charge in [-0.05, 0) is 42.3 Å². The molecule has 0 saturated carbocycles. The normalized spacial score (nSPS) is 14.4. The first kappa shape index (κ1) is 17.6. The maximum absolute atomic E-state index is 14.6. The average molecular weight is 367 g/mol. The molecular weight excluding hydrogens is 349 g/mol. The van der Waals surface area contributed by atoms with Crippen LogP contribution in [-0.4, -0.2) is 39.3 Å². The number of hydrogen-bond acceptors (Lipinski definition) is 5. The predicted octanol–water partition coefficient (Wildman–Crippen LogP) is 1.57. The van der Waals surface area contributed by atoms with E-state index in [0.717, 1.165) is 9.87 Å². The number of fused-ring (bicyclic) bond motifs is 1. The van der Waals surface area contributed by atoms with Crippen molar-refractivity contribution < 1.29 is 22.0 Å². The molecule has 0 unspecified atom stereocenters. The summed E-state index contributed by atoms with van der Waals surface area (Å²) in [5.41, 5.74) is 1.48. The number of carbonyl (C=O) groups excluding carboxylic acids is 1. The summed E-state index contributed by atoms with van der Waals surface area (Å²) in [5.74, 6) is -1.40. The summed E-state index contributed by atoms with van der Waals surface area (Å²) in [5, 5.41) is 5.24. The number of amides is 1. The Kier molecular flexibility index (Phi) is 4.63. The summed E-state index contributed by atoms with van der Waals surface area (Å²) in [4.78, 5) is 12.3. The first-order valence-electron chi connectivity index (χ1n) is 7.65. The third kappa shape index (κ3) is 3.30. The molecule has 25 heavy (non-hydrogen) atoms. The molecule has 0 bridgehead atoms. The Morgan fingerprint density at radius 1 is 1.28 bits per heavy atom. The van der Waals surface area contributed by atoms with Crippen molar-refractivity contribution in [2.24, 2.45) is 0 Å². The van der Waals surface area contributed by atoms with E-state index in [0.29, 0.717) is 25.1 Å². The molecule has 9 heteroatoms. The summed E-state index contributed by atoms with van der Waals surface area (Å²) in [6.07, 6.45) is 0.539. The molecule has 0 spiro atoms. The first-order chi connectivity index (χ1) is 11.8. The summed E-state index contributed by atoms with van der Waals surface area (Å²) in [7, 11) is -1.06. The zero-order chi connectivity index (χ0) is 18.2. The second-order valence-electron chi connectivity index (χ2n) is 5.85. The lowest BCUT2D eigenvalue weighted by atomic mass is 9.99. The lowest BCUT2D eigenvalue weighted by molar-refractivity contribution is 0.0991. The van der Waals surface area contributed by atoms with Gasteiger partial charge in [-0.3, -0.25) is 4.79 Å². The van der Waals surface area contributed by atoms with E-state index in [1.165, 1.54) is 32.3 Å². The highest BCUT2D eigenvalue weighted by Crippen LogP contribution is 2.25. The highest BCUT2D eigenvalue weighted by atomic mass is 32.2. The molecule has 7 nitrogen and oxygen atoms in total. The van der Waals surface area contributed by atoms with E-state index < -0.39 is 21.7 Å². The van der Waals surface area contributed by atoms with Crippen LogP contribution in [0.1, 0.15) is 21.7 Å². The van der Waals surface area contributed by atoms with Crippen molar-refractivity contribution in [2.75, 3.05) is 26.0 Å². The zero-order valence-corrected chi connectivity index (χ0v) is 14.6. The molecule has 134 valence electrons. The standard InChI is InChI=1S/C16H18FN3O4S/c1-20(2)25(22,23)14-6-5-13(24-14)16(21)19-12-4-3-10-9-18-8-7-11(10)15(12)17/h3-6,18H,7-9H2,1-2H3,(H,19,21). The van der Waals surface area contributed by atoms with Gasteiger partial charge in [0, 0.05) is 20.6 Å². The summed E-state index contributed by atoms with van der Waals surface area (Å²) in [6, 6.07) is 5.68. The molecule has 1 amide bonds. The van der Waals surface area contributed by atoms with Crippen molar-refractivity contribution in [1.82, 2.24) is 9.62 Å². The maximum Gasteiger partial charge on any atom is 0.291 e. The number of carbonyl (C=O) groups is 1. The van der Waals surface area contributed by atoms with E-state index in [4.69, 9.17) is 4.42 Å². The van der Waals surface area contributed by atoms with Crippen LogP contribution in [0.25, 0.3) is 0 Å². The van der Waals surface area contributed by atoms with Crippen LogP contribution in [0.5, 0.6) is 0 Å². The molecular formula is C16H18FN3O4S. The summed E-state index contributed by atoms with van der Waals surface area (Å²) < 4.78 is 44.6. The molecule has 3 rings (SSSR count). The molecule has 0 radical (unpaired) electrons. The van der Waals surface area contributed by atoms with E-state index in [2.05, 4.69) is 10.6 Å². The predicted molar refractivity (Wildman–Crippen MR) is 89.3 cm³/mol. The molecule has 1 aromatic carbocycles. The quantitative estimate of drug-likeness (QED) is 0.856. The molecule has 2 N–H and O–H groups in total. The van der Waals surface area contributed by atoms with Gasteiger partial charge in [-0.15, -0.1) is 0 Å². The number of nitrogens with zero attached hydrogens (tertiary/aromatic N) is 1. The minimum absolute atomic E-state index is 0.0408. The SMILES string of the molecule is CN(C)S(=O)(=O)c1ccc(C(=O)Nc2ccc3c(c2F)CCNC3)o1. The van der Waals surface area contributed by atoms with Crippen LogP contribution in [0, 0.1) is 5.82 Å². The smallest absolute Gasteiger partial charge is 0.291 e. The van der Waals surface area contributed by atoms with Gasteiger partial charge in [0.2, 0.25) is 5.09 Å². The Morgan fingerprint density at radius 2 is 2.04 bits per heavy atom. The Morgan fingerprint density at radius 3 is 2.76 bits per heavy atom. The molecule has 1 aromatic heterocycles. The molecule has 2 heterocycles. The van der Waals surface area contributed by atoms with Crippen molar-refractivity contribution in [3.63, 3.8) is 0 Å². The number of halogens is 1. The van der Waals surface area contributed by atoms with E-state index in [-0.39, 0.29) is 16.5 Å². The Labute approximate surface area is 144 Å². The molecule has 0 fully saturated rings. The fourth-order valence-electron chi connectivity index (χ4n) is 2.57. The monoisotopic (exact) mass is 367 g/mol. The Hall–Kier alpha value is -2.23. The van der Waals surface area contributed by atoms with Crippen LogP contribution in [0.2, 0.25) is 0 Å². The van der Waals surface area contributed by atoms with Gasteiger partial charge in [0.15, 0.2) is 5.76 Å². The largest absolute Gasteiger partial charge is 0.438 e. The number of sulfonamides is 1. The molecule has 0 atom stereocenters. The van der Waals surface area contributed by atoms with Gasteiger partial charge in [0.05, 0.1) is 5.69 Å². The molecule has 2 aromatic rings. The topological polar surface area (TPSA) is 91.7 Å². The zero-order valence-electron chi connectivity index (χ0n) is 13.8. The average Bonchev–Trinajstić information content (AvgIpc) is 3.08. The second kappa shape index (κ2) is 6.58. The number of nitrogens with one attached hydrogen (secondary N) is 2. The van der Waals surface area contributed by atoms with E-state index >= 15 is 0 Å². The third-order valence-corrected chi connectivity index (χ3v) is 5.69. The van der Waals surface area contributed by atoms with Gasteiger partial charge in [0.1, 0.15) is 5.82 Å². The van der Waals surface area contributed by atoms with Crippen molar-refractivity contribution in [3.8, 4) is 0 Å². The van der Waals surface area contributed by atoms with Crippen LogP contribution >= 0.6 is 0 Å². The number of hydrogen-bond donors (Lipinski definition) is 2. The van der Waals surface area contributed by atoms with Crippen LogP contribution in [0.4, 0.5) is 10.1 Å². The lowest BCUT2D eigenvalue weighted by Crippen LogP contribution is -2.25. The number of rotatable bonds is 4. The molecule has 0 aliphatic carbocycles. The minimum Gasteiger partial charge on any atom is -0.438 e. The van der Waals surface area contributed by atoms with Crippen molar-refractivity contribution in [2.45, 2.75) is 18.1 Å². The highest BCUT2D eigenvalue weighted by Gasteiger charge is 2.24. The van der Waals surface area contributed by atoms with Gasteiger partial charge in [0.25, 0.3) is 15.9 Å². The van der Waals surface area contributed by atoms with Crippen LogP contribution in [0.3, 0.4) is 0 Å².